The van der Waals surface area contributed by atoms with Crippen molar-refractivity contribution in [2.24, 2.45) is 5.73 Å². The summed E-state index contributed by atoms with van der Waals surface area (Å²) in [5.41, 5.74) is 13.0. The van der Waals surface area contributed by atoms with E-state index in [-0.39, 0.29) is 12.1 Å². The summed E-state index contributed by atoms with van der Waals surface area (Å²) in [6, 6.07) is 20.9. The third kappa shape index (κ3) is 6.45. The summed E-state index contributed by atoms with van der Waals surface area (Å²) >= 11 is 0. The second kappa shape index (κ2) is 12.7. The van der Waals surface area contributed by atoms with E-state index in [2.05, 4.69) is 74.2 Å². The standard InChI is InChI=1S/C32H40N8O2/c1-39-14-16-40(17-15-39)24-9-11-27-29(21-24)38-32(36-27)23-8-10-26-28(20-23)37-31(35-26)22-5-2-6-25(19-22)42-18-3-7-30(41)34-13-4-12-33/h2,5-6,8-11,19-21,32,36,38H,3-4,7,12-18,33H2,1H3,(H,34,41)(H,35,37). The zero-order valence-corrected chi connectivity index (χ0v) is 24.2. The third-order valence-electron chi connectivity index (χ3n) is 7.94. The van der Waals surface area contributed by atoms with Gasteiger partial charge in [-0.15, -0.1) is 0 Å². The molecule has 42 heavy (non-hydrogen) atoms. The molecule has 1 unspecified atom stereocenters. The van der Waals surface area contributed by atoms with Crippen LogP contribution in [0.4, 0.5) is 17.1 Å². The number of hydrogen-bond donors (Lipinski definition) is 5. The van der Waals surface area contributed by atoms with E-state index < -0.39 is 0 Å². The van der Waals surface area contributed by atoms with Gasteiger partial charge >= 0.3 is 0 Å². The molecule has 6 N–H and O–H groups in total. The predicted octanol–water partition coefficient (Wildman–Crippen LogP) is 4.14. The van der Waals surface area contributed by atoms with Gasteiger partial charge in [-0.3, -0.25) is 4.79 Å². The Morgan fingerprint density at radius 3 is 2.74 bits per heavy atom. The van der Waals surface area contributed by atoms with E-state index in [9.17, 15) is 4.79 Å². The highest BCUT2D eigenvalue weighted by molar-refractivity contribution is 5.83. The highest BCUT2D eigenvalue weighted by Crippen LogP contribution is 2.38. The molecule has 0 spiro atoms. The van der Waals surface area contributed by atoms with Gasteiger partial charge in [0, 0.05) is 50.4 Å². The molecule has 10 heteroatoms. The van der Waals surface area contributed by atoms with Gasteiger partial charge in [-0.2, -0.15) is 0 Å². The number of hydrogen-bond acceptors (Lipinski definition) is 8. The second-order valence-electron chi connectivity index (χ2n) is 11.1. The molecule has 10 nitrogen and oxygen atoms in total. The topological polar surface area (TPSA) is 124 Å². The maximum absolute atomic E-state index is 11.9. The maximum Gasteiger partial charge on any atom is 0.220 e. The lowest BCUT2D eigenvalue weighted by atomic mass is 10.1. The number of nitrogens with one attached hydrogen (secondary N) is 4. The van der Waals surface area contributed by atoms with Gasteiger partial charge in [0.15, 0.2) is 0 Å². The number of H-pyrrole nitrogens is 1. The Morgan fingerprint density at radius 1 is 1.02 bits per heavy atom. The van der Waals surface area contributed by atoms with Gasteiger partial charge in [-0.25, -0.2) is 4.98 Å². The molecule has 0 aliphatic carbocycles. The Bertz CT molecular complexity index is 1530. The predicted molar refractivity (Wildman–Crippen MR) is 169 cm³/mol. The van der Waals surface area contributed by atoms with Gasteiger partial charge in [0.25, 0.3) is 0 Å². The highest BCUT2D eigenvalue weighted by atomic mass is 16.5. The summed E-state index contributed by atoms with van der Waals surface area (Å²) in [4.78, 5) is 25.0. The number of amides is 1. The van der Waals surface area contributed by atoms with Crippen molar-refractivity contribution < 1.29 is 9.53 Å². The lowest BCUT2D eigenvalue weighted by Crippen LogP contribution is -2.44. The zero-order chi connectivity index (χ0) is 28.9. The summed E-state index contributed by atoms with van der Waals surface area (Å²) < 4.78 is 5.92. The Morgan fingerprint density at radius 2 is 1.88 bits per heavy atom. The van der Waals surface area contributed by atoms with Crippen LogP contribution in [0, 0.1) is 0 Å². The number of nitrogens with two attached hydrogens (primary N) is 1. The maximum atomic E-state index is 11.9. The normalized spacial score (nSPS) is 16.6. The van der Waals surface area contributed by atoms with Gasteiger partial charge in [0.05, 0.1) is 29.0 Å². The van der Waals surface area contributed by atoms with Crippen molar-refractivity contribution in [3.63, 3.8) is 0 Å². The SMILES string of the molecule is CN1CCN(c2ccc3c(c2)NC(c2ccc4nc(-c5cccc(OCCCC(=O)NCCCN)c5)[nH]c4c2)N3)CC1. The molecule has 1 amide bonds. The number of benzene rings is 3. The van der Waals surface area contributed by atoms with E-state index in [1.807, 2.05) is 24.3 Å². The summed E-state index contributed by atoms with van der Waals surface area (Å²) in [5, 5.41) is 10.2. The molecule has 2 aliphatic heterocycles. The van der Waals surface area contributed by atoms with Crippen molar-refractivity contribution in [2.75, 3.05) is 68.5 Å². The fourth-order valence-electron chi connectivity index (χ4n) is 5.47. The molecule has 0 saturated carbocycles. The van der Waals surface area contributed by atoms with E-state index >= 15 is 0 Å². The summed E-state index contributed by atoms with van der Waals surface area (Å²) in [5.74, 6) is 1.58. The molecule has 6 rings (SSSR count). The number of fused-ring (bicyclic) bond motifs is 2. The lowest BCUT2D eigenvalue weighted by Gasteiger charge is -2.34. The van der Waals surface area contributed by atoms with Crippen LogP contribution in [0.5, 0.6) is 5.75 Å². The second-order valence-corrected chi connectivity index (χ2v) is 11.1. The molecular weight excluding hydrogens is 528 g/mol. The smallest absolute Gasteiger partial charge is 0.220 e. The van der Waals surface area contributed by atoms with Crippen LogP contribution >= 0.6 is 0 Å². The number of likely N-dealkylation sites (N-methyl/N-ethyl adjacent to an activating group) is 1. The van der Waals surface area contributed by atoms with Crippen LogP contribution in [0.1, 0.15) is 31.0 Å². The van der Waals surface area contributed by atoms with Crippen LogP contribution in [0.15, 0.2) is 60.7 Å². The first kappa shape index (κ1) is 27.9. The Labute approximate surface area is 246 Å². The molecule has 0 radical (unpaired) electrons. The average molecular weight is 569 g/mol. The molecule has 1 fully saturated rings. The van der Waals surface area contributed by atoms with E-state index in [1.165, 1.54) is 5.69 Å². The Kier molecular flexibility index (Phi) is 8.43. The van der Waals surface area contributed by atoms with Crippen molar-refractivity contribution in [3.05, 3.63) is 66.2 Å². The molecule has 0 bridgehead atoms. The molecule has 1 atom stereocenters. The zero-order valence-electron chi connectivity index (χ0n) is 24.2. The highest BCUT2D eigenvalue weighted by Gasteiger charge is 2.23. The number of aromatic nitrogens is 2. The van der Waals surface area contributed by atoms with Crippen molar-refractivity contribution in [1.82, 2.24) is 20.2 Å². The van der Waals surface area contributed by atoms with Crippen molar-refractivity contribution in [2.45, 2.75) is 25.4 Å². The molecular formula is C32H40N8O2. The molecule has 2 aliphatic rings. The Balaban J connectivity index is 1.08. The van der Waals surface area contributed by atoms with Gasteiger partial charge in [-0.05, 0) is 74.5 Å². The van der Waals surface area contributed by atoms with E-state index in [1.54, 1.807) is 0 Å². The van der Waals surface area contributed by atoms with Crippen molar-refractivity contribution in [3.8, 4) is 17.1 Å². The van der Waals surface area contributed by atoms with Crippen molar-refractivity contribution in [1.29, 1.82) is 0 Å². The minimum atomic E-state index is -0.0154. The number of piperazine rings is 1. The van der Waals surface area contributed by atoms with Crippen LogP contribution in [0.3, 0.4) is 0 Å². The van der Waals surface area contributed by atoms with Gasteiger partial charge in [-0.1, -0.05) is 18.2 Å². The number of rotatable bonds is 11. The largest absolute Gasteiger partial charge is 0.494 e. The first-order valence-corrected chi connectivity index (χ1v) is 14.9. The van der Waals surface area contributed by atoms with Crippen LogP contribution in [0.2, 0.25) is 0 Å². The first-order chi connectivity index (χ1) is 20.6. The van der Waals surface area contributed by atoms with Crippen LogP contribution in [-0.4, -0.2) is 73.7 Å². The fourth-order valence-corrected chi connectivity index (χ4v) is 5.47. The monoisotopic (exact) mass is 568 g/mol. The third-order valence-corrected chi connectivity index (χ3v) is 7.94. The summed E-state index contributed by atoms with van der Waals surface area (Å²) in [6.07, 6.45) is 1.86. The number of carbonyl (C=O) groups is 1. The van der Waals surface area contributed by atoms with E-state index in [4.69, 9.17) is 15.5 Å². The minimum Gasteiger partial charge on any atom is -0.494 e. The molecule has 1 aromatic heterocycles. The molecule has 3 heterocycles. The van der Waals surface area contributed by atoms with Crippen LogP contribution in [0.25, 0.3) is 22.4 Å². The molecule has 220 valence electrons. The molecule has 3 aromatic carbocycles. The van der Waals surface area contributed by atoms with E-state index in [0.717, 1.165) is 77.7 Å². The van der Waals surface area contributed by atoms with Crippen LogP contribution in [-0.2, 0) is 4.79 Å². The number of anilines is 3. The summed E-state index contributed by atoms with van der Waals surface area (Å²) in [6.45, 7) is 5.95. The molecule has 1 saturated heterocycles. The number of nitrogens with zero attached hydrogens (tertiary/aromatic N) is 3. The van der Waals surface area contributed by atoms with Gasteiger partial charge < -0.3 is 41.2 Å². The average Bonchev–Trinajstić information content (AvgIpc) is 3.64. The Hall–Kier alpha value is -4.28. The van der Waals surface area contributed by atoms with Gasteiger partial charge in [0.1, 0.15) is 17.7 Å². The number of ether oxygens (including phenoxy) is 1. The number of imidazole rings is 1. The van der Waals surface area contributed by atoms with E-state index in [0.29, 0.717) is 32.5 Å². The lowest BCUT2D eigenvalue weighted by molar-refractivity contribution is -0.121. The number of carbonyl (C=O) groups excluding carboxylic acids is 1. The number of aromatic amines is 1. The molecule has 4 aromatic rings. The first-order valence-electron chi connectivity index (χ1n) is 14.9. The quantitative estimate of drug-likeness (QED) is 0.171. The van der Waals surface area contributed by atoms with Crippen molar-refractivity contribution >= 4 is 34.0 Å². The fraction of sp³-hybridized carbons (Fsp3) is 0.375. The van der Waals surface area contributed by atoms with Crippen LogP contribution < -0.4 is 31.3 Å². The minimum absolute atomic E-state index is 0.0154. The van der Waals surface area contributed by atoms with Gasteiger partial charge in [0.2, 0.25) is 5.91 Å². The summed E-state index contributed by atoms with van der Waals surface area (Å²) in [7, 11) is 2.18.